The van der Waals surface area contributed by atoms with Gasteiger partial charge in [-0.1, -0.05) is 18.2 Å². The van der Waals surface area contributed by atoms with Crippen LogP contribution in [0.3, 0.4) is 0 Å². The summed E-state index contributed by atoms with van der Waals surface area (Å²) in [5.41, 5.74) is 2.34. The fourth-order valence-corrected chi connectivity index (χ4v) is 3.17. The molecule has 0 bridgehead atoms. The summed E-state index contributed by atoms with van der Waals surface area (Å²) in [6.07, 6.45) is 1.53. The first-order valence-electron chi connectivity index (χ1n) is 8.32. The predicted octanol–water partition coefficient (Wildman–Crippen LogP) is 3.11. The molecule has 28 heavy (non-hydrogen) atoms. The van der Waals surface area contributed by atoms with Gasteiger partial charge in [-0.15, -0.1) is 11.3 Å². The van der Waals surface area contributed by atoms with Crippen molar-refractivity contribution in [3.8, 4) is 0 Å². The Labute approximate surface area is 165 Å². The van der Waals surface area contributed by atoms with Crippen molar-refractivity contribution in [3.05, 3.63) is 81.8 Å². The standard InChI is InChI=1S/C20H17N3O4S/c1-27-20(26)14-7-5-13(6-8-14)10-22-18(24)15-11-28-12-17(15)23-19(25)16-4-2-3-9-21-16/h2-9,11-12H,10H2,1H3,(H,22,24)(H,23,25). The molecule has 2 amide bonds. The van der Waals surface area contributed by atoms with Crippen LogP contribution in [0.4, 0.5) is 5.69 Å². The number of aromatic nitrogens is 1. The van der Waals surface area contributed by atoms with Crippen LogP contribution >= 0.6 is 11.3 Å². The molecule has 2 aromatic heterocycles. The Morgan fingerprint density at radius 2 is 1.82 bits per heavy atom. The molecule has 0 saturated heterocycles. The minimum absolute atomic E-state index is 0.269. The number of anilines is 1. The van der Waals surface area contributed by atoms with Gasteiger partial charge < -0.3 is 15.4 Å². The molecule has 0 unspecified atom stereocenters. The summed E-state index contributed by atoms with van der Waals surface area (Å²) in [6, 6.07) is 11.8. The van der Waals surface area contributed by atoms with Gasteiger partial charge in [0.1, 0.15) is 5.69 Å². The van der Waals surface area contributed by atoms with E-state index in [1.807, 2.05) is 0 Å². The molecule has 2 heterocycles. The number of nitrogens with one attached hydrogen (secondary N) is 2. The van der Waals surface area contributed by atoms with Crippen LogP contribution in [-0.4, -0.2) is 29.9 Å². The molecule has 0 saturated carbocycles. The highest BCUT2D eigenvalue weighted by atomic mass is 32.1. The van der Waals surface area contributed by atoms with Crippen molar-refractivity contribution in [1.29, 1.82) is 0 Å². The van der Waals surface area contributed by atoms with Crippen LogP contribution in [0.25, 0.3) is 0 Å². The number of hydrogen-bond acceptors (Lipinski definition) is 6. The van der Waals surface area contributed by atoms with Crippen molar-refractivity contribution in [3.63, 3.8) is 0 Å². The molecule has 0 fully saturated rings. The van der Waals surface area contributed by atoms with Gasteiger partial charge in [0.05, 0.1) is 23.9 Å². The average Bonchev–Trinajstić information content (AvgIpc) is 3.20. The van der Waals surface area contributed by atoms with Crippen LogP contribution in [0.15, 0.2) is 59.4 Å². The number of esters is 1. The summed E-state index contributed by atoms with van der Waals surface area (Å²) in [4.78, 5) is 40.2. The minimum atomic E-state index is -0.415. The highest BCUT2D eigenvalue weighted by molar-refractivity contribution is 7.08. The van der Waals surface area contributed by atoms with E-state index in [9.17, 15) is 14.4 Å². The maximum atomic E-state index is 12.5. The first-order valence-corrected chi connectivity index (χ1v) is 9.27. The summed E-state index contributed by atoms with van der Waals surface area (Å²) in [5, 5.41) is 8.88. The van der Waals surface area contributed by atoms with E-state index < -0.39 is 5.97 Å². The molecule has 0 aliphatic carbocycles. The van der Waals surface area contributed by atoms with E-state index in [4.69, 9.17) is 0 Å². The van der Waals surface area contributed by atoms with E-state index in [1.54, 1.807) is 53.2 Å². The molecular formula is C20H17N3O4S. The molecule has 0 radical (unpaired) electrons. The molecular weight excluding hydrogens is 378 g/mol. The SMILES string of the molecule is COC(=O)c1ccc(CNC(=O)c2cscc2NC(=O)c2ccccn2)cc1. The van der Waals surface area contributed by atoms with Gasteiger partial charge in [0.15, 0.2) is 0 Å². The number of rotatable bonds is 6. The van der Waals surface area contributed by atoms with E-state index in [0.717, 1.165) is 5.56 Å². The van der Waals surface area contributed by atoms with Crippen LogP contribution in [-0.2, 0) is 11.3 Å². The van der Waals surface area contributed by atoms with E-state index in [2.05, 4.69) is 20.4 Å². The van der Waals surface area contributed by atoms with Crippen molar-refractivity contribution < 1.29 is 19.1 Å². The zero-order valence-electron chi connectivity index (χ0n) is 15.0. The number of methoxy groups -OCH3 is 1. The highest BCUT2D eigenvalue weighted by Gasteiger charge is 2.16. The van der Waals surface area contributed by atoms with Gasteiger partial charge in [-0.25, -0.2) is 4.79 Å². The Bertz CT molecular complexity index is 984. The quantitative estimate of drug-likeness (QED) is 0.625. The lowest BCUT2D eigenvalue weighted by atomic mass is 10.1. The van der Waals surface area contributed by atoms with Gasteiger partial charge >= 0.3 is 5.97 Å². The van der Waals surface area contributed by atoms with Crippen molar-refractivity contribution in [2.45, 2.75) is 6.54 Å². The number of ether oxygens (including phenoxy) is 1. The third kappa shape index (κ3) is 4.60. The van der Waals surface area contributed by atoms with Crippen LogP contribution in [0.1, 0.15) is 36.8 Å². The summed E-state index contributed by atoms with van der Waals surface area (Å²) in [7, 11) is 1.32. The van der Waals surface area contributed by atoms with Crippen LogP contribution < -0.4 is 10.6 Å². The van der Waals surface area contributed by atoms with E-state index in [-0.39, 0.29) is 24.1 Å². The monoisotopic (exact) mass is 395 g/mol. The van der Waals surface area contributed by atoms with E-state index >= 15 is 0 Å². The fourth-order valence-electron chi connectivity index (χ4n) is 2.41. The van der Waals surface area contributed by atoms with Gasteiger partial charge in [0, 0.05) is 23.5 Å². The van der Waals surface area contributed by atoms with Gasteiger partial charge in [0.2, 0.25) is 0 Å². The zero-order chi connectivity index (χ0) is 19.9. The Morgan fingerprint density at radius 1 is 1.04 bits per heavy atom. The number of thiophene rings is 1. The van der Waals surface area contributed by atoms with Crippen LogP contribution in [0.2, 0.25) is 0 Å². The third-order valence-electron chi connectivity index (χ3n) is 3.88. The highest BCUT2D eigenvalue weighted by Crippen LogP contribution is 2.21. The van der Waals surface area contributed by atoms with E-state index in [1.165, 1.54) is 24.6 Å². The zero-order valence-corrected chi connectivity index (χ0v) is 15.8. The second kappa shape index (κ2) is 8.92. The fraction of sp³-hybridized carbons (Fsp3) is 0.100. The van der Waals surface area contributed by atoms with Gasteiger partial charge in [-0.2, -0.15) is 0 Å². The first-order chi connectivity index (χ1) is 13.6. The maximum absolute atomic E-state index is 12.5. The molecule has 0 aliphatic rings. The molecule has 142 valence electrons. The maximum Gasteiger partial charge on any atom is 0.337 e. The Balaban J connectivity index is 1.62. The molecule has 0 atom stereocenters. The average molecular weight is 395 g/mol. The summed E-state index contributed by atoms with van der Waals surface area (Å²) < 4.78 is 4.65. The molecule has 0 aliphatic heterocycles. The Kier molecular flexibility index (Phi) is 6.13. The molecule has 2 N–H and O–H groups in total. The first kappa shape index (κ1) is 19.2. The molecule has 7 nitrogen and oxygen atoms in total. The van der Waals surface area contributed by atoms with Gasteiger partial charge in [-0.3, -0.25) is 14.6 Å². The molecule has 0 spiro atoms. The van der Waals surface area contributed by atoms with Crippen molar-refractivity contribution >= 4 is 34.8 Å². The summed E-state index contributed by atoms with van der Waals surface area (Å²) in [6.45, 7) is 0.282. The number of pyridine rings is 1. The minimum Gasteiger partial charge on any atom is -0.465 e. The number of benzene rings is 1. The molecule has 8 heteroatoms. The van der Waals surface area contributed by atoms with Gasteiger partial charge in [-0.05, 0) is 29.8 Å². The van der Waals surface area contributed by atoms with Crippen molar-refractivity contribution in [2.75, 3.05) is 12.4 Å². The number of amides is 2. The number of carbonyl (C=O) groups is 3. The second-order valence-electron chi connectivity index (χ2n) is 5.74. The van der Waals surface area contributed by atoms with Gasteiger partial charge in [0.25, 0.3) is 11.8 Å². The molecule has 3 aromatic rings. The largest absolute Gasteiger partial charge is 0.465 e. The topological polar surface area (TPSA) is 97.4 Å². The molecule has 3 rings (SSSR count). The number of carbonyl (C=O) groups excluding carboxylic acids is 3. The van der Waals surface area contributed by atoms with Crippen molar-refractivity contribution in [2.24, 2.45) is 0 Å². The summed E-state index contributed by atoms with van der Waals surface area (Å²) in [5.74, 6) is -1.11. The Morgan fingerprint density at radius 3 is 2.50 bits per heavy atom. The van der Waals surface area contributed by atoms with Crippen molar-refractivity contribution in [1.82, 2.24) is 10.3 Å². The lowest BCUT2D eigenvalue weighted by molar-refractivity contribution is 0.0600. The lowest BCUT2D eigenvalue weighted by Crippen LogP contribution is -2.24. The number of nitrogens with zero attached hydrogens (tertiary/aromatic N) is 1. The van der Waals surface area contributed by atoms with Crippen LogP contribution in [0.5, 0.6) is 0 Å². The molecule has 1 aromatic carbocycles. The lowest BCUT2D eigenvalue weighted by Gasteiger charge is -2.08. The number of hydrogen-bond donors (Lipinski definition) is 2. The Hall–Kier alpha value is -3.52. The van der Waals surface area contributed by atoms with Crippen LogP contribution in [0, 0.1) is 0 Å². The van der Waals surface area contributed by atoms with E-state index in [0.29, 0.717) is 16.8 Å². The smallest absolute Gasteiger partial charge is 0.337 e. The summed E-state index contributed by atoms with van der Waals surface area (Å²) >= 11 is 1.31. The second-order valence-corrected chi connectivity index (χ2v) is 6.48. The predicted molar refractivity (Wildman–Crippen MR) is 105 cm³/mol. The third-order valence-corrected chi connectivity index (χ3v) is 4.62. The normalized spacial score (nSPS) is 10.2.